The van der Waals surface area contributed by atoms with Crippen LogP contribution in [0, 0.1) is 5.92 Å². The number of halogens is 2. The molecule has 0 bridgehead atoms. The molecule has 0 N–H and O–H groups in total. The largest absolute Gasteiger partial charge is 0.336 e. The number of hydrogen-bond acceptors (Lipinski definition) is 3. The molecular weight excluding hydrogens is 330 g/mol. The zero-order valence-electron chi connectivity index (χ0n) is 14.2. The van der Waals surface area contributed by atoms with E-state index < -0.39 is 24.4 Å². The molecule has 1 aromatic rings. The number of rotatable bonds is 3. The van der Waals surface area contributed by atoms with Gasteiger partial charge in [0, 0.05) is 44.9 Å². The summed E-state index contributed by atoms with van der Waals surface area (Å²) >= 11 is 0. The molecule has 2 atom stereocenters. The number of likely N-dealkylation sites (tertiary alicyclic amines) is 2. The van der Waals surface area contributed by atoms with Gasteiger partial charge in [-0.25, -0.2) is 13.8 Å². The Morgan fingerprint density at radius 3 is 2.64 bits per heavy atom. The smallest absolute Gasteiger partial charge is 0.267 e. The highest BCUT2D eigenvalue weighted by Gasteiger charge is 2.50. The third kappa shape index (κ3) is 2.91. The van der Waals surface area contributed by atoms with Crippen molar-refractivity contribution in [2.45, 2.75) is 50.1 Å². The van der Waals surface area contributed by atoms with E-state index in [0.717, 1.165) is 12.8 Å². The minimum absolute atomic E-state index is 0.0336. The van der Waals surface area contributed by atoms with Gasteiger partial charge < -0.3 is 14.4 Å². The quantitative estimate of drug-likeness (QED) is 0.832. The molecular formula is C17H22F2N4O2. The van der Waals surface area contributed by atoms with Gasteiger partial charge in [-0.2, -0.15) is 0 Å². The Morgan fingerprint density at radius 2 is 2.08 bits per heavy atom. The lowest BCUT2D eigenvalue weighted by atomic mass is 9.86. The van der Waals surface area contributed by atoms with Crippen LogP contribution in [0.1, 0.15) is 44.0 Å². The number of aryl methyl sites for hydroxylation is 1. The Morgan fingerprint density at radius 1 is 1.32 bits per heavy atom. The van der Waals surface area contributed by atoms with Crippen molar-refractivity contribution >= 4 is 11.8 Å². The molecule has 2 saturated heterocycles. The summed E-state index contributed by atoms with van der Waals surface area (Å²) in [4.78, 5) is 33.0. The van der Waals surface area contributed by atoms with E-state index in [4.69, 9.17) is 0 Å². The first kappa shape index (κ1) is 16.5. The van der Waals surface area contributed by atoms with Crippen molar-refractivity contribution < 1.29 is 18.4 Å². The Bertz CT molecular complexity index is 701. The van der Waals surface area contributed by atoms with Crippen molar-refractivity contribution in [3.05, 3.63) is 18.2 Å². The summed E-state index contributed by atoms with van der Waals surface area (Å²) in [5, 5.41) is 0. The van der Waals surface area contributed by atoms with Gasteiger partial charge >= 0.3 is 0 Å². The molecule has 136 valence electrons. The average Bonchev–Trinajstić information content (AvgIpc) is 3.20. The topological polar surface area (TPSA) is 58.4 Å². The van der Waals surface area contributed by atoms with Crippen LogP contribution < -0.4 is 0 Å². The van der Waals surface area contributed by atoms with Crippen molar-refractivity contribution in [2.75, 3.05) is 13.1 Å². The molecule has 2 aliphatic heterocycles. The number of amides is 2. The first-order valence-corrected chi connectivity index (χ1v) is 8.82. The second-order valence-electron chi connectivity index (χ2n) is 7.38. The van der Waals surface area contributed by atoms with Gasteiger partial charge in [0.05, 0.1) is 12.5 Å². The molecule has 0 radical (unpaired) electrons. The molecule has 0 spiro atoms. The lowest BCUT2D eigenvalue weighted by Crippen LogP contribution is -2.50. The summed E-state index contributed by atoms with van der Waals surface area (Å²) in [5.41, 5.74) is 0. The molecule has 6 nitrogen and oxygen atoms in total. The monoisotopic (exact) mass is 352 g/mol. The Labute approximate surface area is 144 Å². The Balaban J connectivity index is 1.66. The highest BCUT2D eigenvalue weighted by atomic mass is 19.3. The van der Waals surface area contributed by atoms with Crippen molar-refractivity contribution in [3.63, 3.8) is 0 Å². The van der Waals surface area contributed by atoms with E-state index in [1.807, 2.05) is 11.6 Å². The average molecular weight is 352 g/mol. The van der Waals surface area contributed by atoms with Gasteiger partial charge in [0.1, 0.15) is 11.9 Å². The van der Waals surface area contributed by atoms with E-state index in [0.29, 0.717) is 12.2 Å². The summed E-state index contributed by atoms with van der Waals surface area (Å²) in [6.07, 6.45) is 5.67. The van der Waals surface area contributed by atoms with Crippen LogP contribution in [0.15, 0.2) is 12.4 Å². The number of carbonyl (C=O) groups is 2. The van der Waals surface area contributed by atoms with Crippen LogP contribution in [-0.2, 0) is 16.6 Å². The summed E-state index contributed by atoms with van der Waals surface area (Å²) < 4.78 is 28.9. The molecule has 1 aliphatic carbocycles. The molecule has 3 heterocycles. The standard InChI is InChI=1S/C17H22F2N4O2/c1-21-9-7-20-15(21)14-12(4-5-13(24)23(14)11-2-3-11)16(25)22-8-6-17(18,19)10-22/h7,9,11-12,14H,2-6,8,10H2,1H3/t12-,14-/m0/s1. The fourth-order valence-corrected chi connectivity index (χ4v) is 4.08. The molecule has 3 aliphatic rings. The van der Waals surface area contributed by atoms with Gasteiger partial charge in [-0.1, -0.05) is 0 Å². The summed E-state index contributed by atoms with van der Waals surface area (Å²) in [6.45, 7) is -0.444. The van der Waals surface area contributed by atoms with E-state index in [1.165, 1.54) is 4.90 Å². The third-order valence-corrected chi connectivity index (χ3v) is 5.50. The molecule has 25 heavy (non-hydrogen) atoms. The molecule has 1 aromatic heterocycles. The van der Waals surface area contributed by atoms with Crippen LogP contribution in [0.2, 0.25) is 0 Å². The lowest BCUT2D eigenvalue weighted by Gasteiger charge is -2.41. The van der Waals surface area contributed by atoms with E-state index in [-0.39, 0.29) is 37.2 Å². The van der Waals surface area contributed by atoms with Crippen molar-refractivity contribution in [1.29, 1.82) is 0 Å². The fourth-order valence-electron chi connectivity index (χ4n) is 4.08. The van der Waals surface area contributed by atoms with E-state index in [9.17, 15) is 18.4 Å². The minimum Gasteiger partial charge on any atom is -0.336 e. The van der Waals surface area contributed by atoms with Crippen LogP contribution in [0.25, 0.3) is 0 Å². The van der Waals surface area contributed by atoms with E-state index >= 15 is 0 Å². The summed E-state index contributed by atoms with van der Waals surface area (Å²) in [7, 11) is 1.83. The van der Waals surface area contributed by atoms with Gasteiger partial charge in [0.15, 0.2) is 0 Å². The zero-order valence-corrected chi connectivity index (χ0v) is 14.2. The molecule has 4 rings (SSSR count). The van der Waals surface area contributed by atoms with Crippen molar-refractivity contribution in [2.24, 2.45) is 13.0 Å². The van der Waals surface area contributed by atoms with Crippen molar-refractivity contribution in [3.8, 4) is 0 Å². The first-order chi connectivity index (χ1) is 11.9. The van der Waals surface area contributed by atoms with Gasteiger partial charge in [-0.3, -0.25) is 9.59 Å². The predicted molar refractivity (Wildman–Crippen MR) is 84.7 cm³/mol. The Kier molecular flexibility index (Phi) is 3.81. The number of carbonyl (C=O) groups excluding carboxylic acids is 2. The van der Waals surface area contributed by atoms with Gasteiger partial charge in [0.25, 0.3) is 5.92 Å². The highest BCUT2D eigenvalue weighted by Crippen LogP contribution is 2.44. The van der Waals surface area contributed by atoms with Crippen LogP contribution in [0.4, 0.5) is 8.78 Å². The van der Waals surface area contributed by atoms with Gasteiger partial charge in [-0.05, 0) is 19.3 Å². The maximum absolute atomic E-state index is 13.6. The Hall–Kier alpha value is -1.99. The minimum atomic E-state index is -2.81. The van der Waals surface area contributed by atoms with Gasteiger partial charge in [-0.15, -0.1) is 0 Å². The number of alkyl halides is 2. The number of imidazole rings is 1. The van der Waals surface area contributed by atoms with Gasteiger partial charge in [0.2, 0.25) is 11.8 Å². The normalized spacial score (nSPS) is 29.3. The van der Waals surface area contributed by atoms with Crippen LogP contribution >= 0.6 is 0 Å². The zero-order chi connectivity index (χ0) is 17.8. The third-order valence-electron chi connectivity index (χ3n) is 5.50. The molecule has 2 amide bonds. The molecule has 0 unspecified atom stereocenters. The molecule has 3 fully saturated rings. The van der Waals surface area contributed by atoms with Crippen LogP contribution in [0.5, 0.6) is 0 Å². The SMILES string of the molecule is Cn1ccnc1[C@@H]1[C@@H](C(=O)N2CCC(F)(F)C2)CCC(=O)N1C1CC1. The van der Waals surface area contributed by atoms with Crippen LogP contribution in [-0.4, -0.2) is 56.2 Å². The molecule has 1 saturated carbocycles. The number of nitrogens with zero attached hydrogens (tertiary/aromatic N) is 4. The first-order valence-electron chi connectivity index (χ1n) is 8.82. The summed E-state index contributed by atoms with van der Waals surface area (Å²) in [5.74, 6) is -2.90. The number of hydrogen-bond donors (Lipinski definition) is 0. The second-order valence-corrected chi connectivity index (χ2v) is 7.38. The second kappa shape index (κ2) is 5.78. The number of piperidine rings is 1. The van der Waals surface area contributed by atoms with Crippen molar-refractivity contribution in [1.82, 2.24) is 19.4 Å². The van der Waals surface area contributed by atoms with E-state index in [1.54, 1.807) is 17.3 Å². The predicted octanol–water partition coefficient (Wildman–Crippen LogP) is 1.73. The van der Waals surface area contributed by atoms with Crippen LogP contribution in [0.3, 0.4) is 0 Å². The highest BCUT2D eigenvalue weighted by molar-refractivity contribution is 5.85. The molecule has 8 heteroatoms. The lowest BCUT2D eigenvalue weighted by molar-refractivity contribution is -0.149. The maximum Gasteiger partial charge on any atom is 0.267 e. The fraction of sp³-hybridized carbons (Fsp3) is 0.706. The molecule has 0 aromatic carbocycles. The summed E-state index contributed by atoms with van der Waals surface area (Å²) in [6, 6.07) is -0.319. The maximum atomic E-state index is 13.6. The number of aromatic nitrogens is 2. The van der Waals surface area contributed by atoms with E-state index in [2.05, 4.69) is 4.98 Å².